The van der Waals surface area contributed by atoms with Gasteiger partial charge in [0.2, 0.25) is 6.29 Å². The van der Waals surface area contributed by atoms with Gasteiger partial charge >= 0.3 is 24.0 Å². The van der Waals surface area contributed by atoms with Crippen molar-refractivity contribution < 1.29 is 47.3 Å². The Morgan fingerprint density at radius 1 is 1.07 bits per heavy atom. The summed E-state index contributed by atoms with van der Waals surface area (Å²) < 4.78 is 41.7. The highest BCUT2D eigenvalue weighted by Gasteiger charge is 2.81. The molecule has 0 unspecified atom stereocenters. The Morgan fingerprint density at radius 2 is 1.73 bits per heavy atom. The van der Waals surface area contributed by atoms with Gasteiger partial charge in [0.25, 0.3) is 0 Å². The molecule has 6 atom stereocenters. The number of carbonyl (C=O) groups excluding carboxylic acids is 4. The predicted octanol–water partition coefficient (Wildman–Crippen LogP) is 4.50. The summed E-state index contributed by atoms with van der Waals surface area (Å²) in [5, 5.41) is 0. The van der Waals surface area contributed by atoms with Crippen molar-refractivity contribution in [2.45, 2.75) is 76.4 Å². The number of esters is 3. The molecule has 10 nitrogen and oxygen atoms in total. The molecule has 44 heavy (non-hydrogen) atoms. The fourth-order valence-corrected chi connectivity index (χ4v) is 9.59. The van der Waals surface area contributed by atoms with Crippen molar-refractivity contribution in [3.05, 3.63) is 48.3 Å². The zero-order valence-corrected chi connectivity index (χ0v) is 24.8. The van der Waals surface area contributed by atoms with Crippen LogP contribution in [0.4, 0.5) is 9.18 Å². The quantitative estimate of drug-likeness (QED) is 0.172. The summed E-state index contributed by atoms with van der Waals surface area (Å²) in [4.78, 5) is 54.7. The van der Waals surface area contributed by atoms with Crippen LogP contribution in [-0.2, 0) is 44.7 Å². The molecule has 1 heterocycles. The highest BCUT2D eigenvalue weighted by molar-refractivity contribution is 5.93. The highest BCUT2D eigenvalue weighted by atomic mass is 19.1. The van der Waals surface area contributed by atoms with Gasteiger partial charge in [0.05, 0.1) is 24.0 Å². The van der Waals surface area contributed by atoms with E-state index in [1.165, 1.54) is 42.4 Å². The third-order valence-electron chi connectivity index (χ3n) is 11.0. The molecule has 0 aromatic heterocycles. The Kier molecular flexibility index (Phi) is 7.22. The maximum absolute atomic E-state index is 13.5. The highest BCUT2D eigenvalue weighted by Crippen LogP contribution is 2.67. The molecule has 1 aliphatic heterocycles. The maximum atomic E-state index is 13.5. The lowest BCUT2D eigenvalue weighted by Gasteiger charge is -2.55. The Bertz CT molecular complexity index is 1330. The minimum absolute atomic E-state index is 0.0569. The van der Waals surface area contributed by atoms with Crippen molar-refractivity contribution in [1.29, 1.82) is 0 Å². The van der Waals surface area contributed by atoms with E-state index in [0.29, 0.717) is 23.3 Å². The standard InChI is InChI=1S/C33H38FNO9/c1-3-8-40-31(39)35-17-42-30(38)33(35)25(41-16-19-4-6-23(34)7-5-19)12-24-26(27(24)33)28(36)43-18(2)44-29(37)32-13-20-9-21(14-32)11-22(10-20)15-32/h3-7,18,20-22,24-27H,1,8-17H2,2H3/t18-,20?,21?,22?,24+,25-,26+,27+,32?,33+/m1/s1. The van der Waals surface area contributed by atoms with Gasteiger partial charge in [-0.3, -0.25) is 14.5 Å². The fourth-order valence-electron chi connectivity index (χ4n) is 9.59. The lowest BCUT2D eigenvalue weighted by molar-refractivity contribution is -0.203. The molecule has 236 valence electrons. The van der Waals surface area contributed by atoms with E-state index in [1.807, 2.05) is 0 Å². The number of rotatable bonds is 9. The Labute approximate surface area is 255 Å². The molecule has 4 bridgehead atoms. The minimum Gasteiger partial charge on any atom is -0.445 e. The first-order chi connectivity index (χ1) is 21.1. The third kappa shape index (κ3) is 4.69. The lowest BCUT2D eigenvalue weighted by atomic mass is 9.49. The minimum atomic E-state index is -1.61. The van der Waals surface area contributed by atoms with Crippen molar-refractivity contribution in [1.82, 2.24) is 4.90 Å². The van der Waals surface area contributed by atoms with Gasteiger partial charge in [-0.1, -0.05) is 24.8 Å². The first-order valence-electron chi connectivity index (χ1n) is 15.6. The lowest BCUT2D eigenvalue weighted by Crippen LogP contribution is -2.60. The molecule has 1 amide bonds. The van der Waals surface area contributed by atoms with E-state index in [4.69, 9.17) is 23.7 Å². The van der Waals surface area contributed by atoms with E-state index in [0.717, 1.165) is 19.3 Å². The molecule has 6 aliphatic carbocycles. The van der Waals surface area contributed by atoms with Crippen LogP contribution in [0.2, 0.25) is 0 Å². The van der Waals surface area contributed by atoms with E-state index < -0.39 is 53.2 Å². The van der Waals surface area contributed by atoms with Crippen molar-refractivity contribution in [2.75, 3.05) is 13.3 Å². The van der Waals surface area contributed by atoms with Crippen LogP contribution in [-0.4, -0.2) is 60.2 Å². The van der Waals surface area contributed by atoms with Gasteiger partial charge in [-0.2, -0.15) is 0 Å². The summed E-state index contributed by atoms with van der Waals surface area (Å²) in [6.45, 7) is 4.74. The molecule has 8 rings (SSSR count). The zero-order valence-electron chi connectivity index (χ0n) is 24.8. The summed E-state index contributed by atoms with van der Waals surface area (Å²) >= 11 is 0. The first-order valence-corrected chi connectivity index (χ1v) is 15.6. The van der Waals surface area contributed by atoms with E-state index in [9.17, 15) is 23.6 Å². The molecular formula is C33H38FNO9. The van der Waals surface area contributed by atoms with Gasteiger partial charge in [-0.15, -0.1) is 0 Å². The van der Waals surface area contributed by atoms with Crippen LogP contribution in [0.3, 0.4) is 0 Å². The molecular weight excluding hydrogens is 573 g/mol. The average molecular weight is 612 g/mol. The second-order valence-corrected chi connectivity index (χ2v) is 13.7. The number of benzene rings is 1. The first kappa shape index (κ1) is 29.3. The number of nitrogens with zero attached hydrogens (tertiary/aromatic N) is 1. The average Bonchev–Trinajstić information content (AvgIpc) is 3.46. The van der Waals surface area contributed by atoms with Crippen LogP contribution in [0.5, 0.6) is 0 Å². The van der Waals surface area contributed by atoms with Gasteiger partial charge < -0.3 is 23.7 Å². The van der Waals surface area contributed by atoms with Crippen molar-refractivity contribution in [3.63, 3.8) is 0 Å². The Hall–Kier alpha value is -3.47. The summed E-state index contributed by atoms with van der Waals surface area (Å²) in [5.74, 6) is -1.92. The number of fused-ring (bicyclic) bond motifs is 2. The van der Waals surface area contributed by atoms with Crippen LogP contribution in [0.15, 0.2) is 36.9 Å². The molecule has 6 saturated carbocycles. The molecule has 1 aromatic carbocycles. The molecule has 11 heteroatoms. The molecule has 0 radical (unpaired) electrons. The largest absolute Gasteiger partial charge is 0.445 e. The number of halogens is 1. The van der Waals surface area contributed by atoms with Crippen LogP contribution >= 0.6 is 0 Å². The second-order valence-electron chi connectivity index (χ2n) is 13.7. The third-order valence-corrected chi connectivity index (χ3v) is 11.0. The second kappa shape index (κ2) is 10.9. The Balaban J connectivity index is 1.05. The number of ether oxygens (including phenoxy) is 5. The molecule has 7 aliphatic rings. The molecule has 1 saturated heterocycles. The number of cyclic esters (lactones) is 1. The van der Waals surface area contributed by atoms with Crippen LogP contribution < -0.4 is 0 Å². The van der Waals surface area contributed by atoms with Crippen LogP contribution in [0.1, 0.15) is 57.4 Å². The number of hydrogen-bond donors (Lipinski definition) is 0. The van der Waals surface area contributed by atoms with Crippen molar-refractivity contribution >= 4 is 24.0 Å². The van der Waals surface area contributed by atoms with Gasteiger partial charge in [0, 0.05) is 12.8 Å². The number of amides is 1. The van der Waals surface area contributed by atoms with Gasteiger partial charge in [-0.25, -0.2) is 14.0 Å². The molecule has 1 spiro atoms. The smallest absolute Gasteiger partial charge is 0.413 e. The van der Waals surface area contributed by atoms with Gasteiger partial charge in [0.15, 0.2) is 12.3 Å². The maximum Gasteiger partial charge on any atom is 0.413 e. The van der Waals surface area contributed by atoms with Crippen LogP contribution in [0, 0.1) is 46.7 Å². The summed E-state index contributed by atoms with van der Waals surface area (Å²) in [6.07, 6.45) is 5.12. The van der Waals surface area contributed by atoms with Gasteiger partial charge in [0.1, 0.15) is 12.4 Å². The summed E-state index contributed by atoms with van der Waals surface area (Å²) in [5.41, 5.74) is -1.41. The van der Waals surface area contributed by atoms with E-state index >= 15 is 0 Å². The molecule has 1 aromatic rings. The van der Waals surface area contributed by atoms with E-state index in [-0.39, 0.29) is 44.1 Å². The number of carbonyl (C=O) groups is 4. The normalized spacial score (nSPS) is 38.2. The van der Waals surface area contributed by atoms with Crippen molar-refractivity contribution in [3.8, 4) is 0 Å². The van der Waals surface area contributed by atoms with Crippen molar-refractivity contribution in [2.24, 2.45) is 40.9 Å². The number of hydrogen-bond acceptors (Lipinski definition) is 9. The fraction of sp³-hybridized carbons (Fsp3) is 0.636. The SMILES string of the molecule is C=CCOC(=O)N1COC(=O)[C@]12[C@H]1[C@@H](C[C@H]2OCc2ccc(F)cc2)[C@@H]1C(=O)O[C@@H](C)OC(=O)C12CC3CC(CC(C3)C1)C2. The molecule has 0 N–H and O–H groups in total. The predicted molar refractivity (Wildman–Crippen MR) is 149 cm³/mol. The zero-order chi connectivity index (χ0) is 30.8. The van der Waals surface area contributed by atoms with E-state index in [2.05, 4.69) is 6.58 Å². The van der Waals surface area contributed by atoms with E-state index in [1.54, 1.807) is 19.1 Å². The molecule has 7 fully saturated rings. The Morgan fingerprint density at radius 3 is 2.36 bits per heavy atom. The topological polar surface area (TPSA) is 118 Å². The monoisotopic (exact) mass is 611 g/mol. The summed E-state index contributed by atoms with van der Waals surface area (Å²) in [7, 11) is 0. The van der Waals surface area contributed by atoms with Gasteiger partial charge in [-0.05, 0) is 86.3 Å². The summed E-state index contributed by atoms with van der Waals surface area (Å²) in [6, 6.07) is 5.78. The van der Waals surface area contributed by atoms with Crippen LogP contribution in [0.25, 0.3) is 0 Å².